The second-order valence-electron chi connectivity index (χ2n) is 3.51. The molecule has 4 nitrogen and oxygen atoms in total. The molecule has 1 aromatic heterocycles. The molecule has 5 heteroatoms. The molecule has 0 aliphatic rings. The largest absolute Gasteiger partial charge is 0.481 e. The van der Waals surface area contributed by atoms with Gasteiger partial charge >= 0.3 is 0 Å². The number of methoxy groups -OCH3 is 1. The molecule has 17 heavy (non-hydrogen) atoms. The fourth-order valence-corrected chi connectivity index (χ4v) is 1.32. The van der Waals surface area contributed by atoms with Gasteiger partial charge in [-0.05, 0) is 24.6 Å². The average Bonchev–Trinajstić information content (AvgIpc) is 2.34. The molecule has 0 radical (unpaired) electrons. The van der Waals surface area contributed by atoms with E-state index in [2.05, 4.69) is 15.3 Å². The highest BCUT2D eigenvalue weighted by Gasteiger charge is 2.02. The SMILES string of the molecule is COc1ccnc(Nc2ccc(C)c(F)c2)n1. The minimum Gasteiger partial charge on any atom is -0.481 e. The average molecular weight is 233 g/mol. The quantitative estimate of drug-likeness (QED) is 0.885. The lowest BCUT2D eigenvalue weighted by Gasteiger charge is -2.06. The Labute approximate surface area is 98.5 Å². The van der Waals surface area contributed by atoms with Crippen LogP contribution in [-0.2, 0) is 0 Å². The maximum atomic E-state index is 13.3. The molecule has 0 saturated carbocycles. The van der Waals surface area contributed by atoms with E-state index in [0.717, 1.165) is 0 Å². The van der Waals surface area contributed by atoms with Crippen LogP contribution in [0.25, 0.3) is 0 Å². The third-order valence-electron chi connectivity index (χ3n) is 2.27. The summed E-state index contributed by atoms with van der Waals surface area (Å²) in [5.41, 5.74) is 1.20. The fourth-order valence-electron chi connectivity index (χ4n) is 1.32. The minimum absolute atomic E-state index is 0.266. The van der Waals surface area contributed by atoms with Crippen molar-refractivity contribution in [3.8, 4) is 5.88 Å². The number of aromatic nitrogens is 2. The van der Waals surface area contributed by atoms with E-state index >= 15 is 0 Å². The van der Waals surface area contributed by atoms with Gasteiger partial charge in [0.25, 0.3) is 0 Å². The minimum atomic E-state index is -0.266. The maximum Gasteiger partial charge on any atom is 0.230 e. The van der Waals surface area contributed by atoms with Crippen molar-refractivity contribution in [2.75, 3.05) is 12.4 Å². The van der Waals surface area contributed by atoms with Crippen LogP contribution < -0.4 is 10.1 Å². The normalized spacial score (nSPS) is 10.1. The van der Waals surface area contributed by atoms with Crippen LogP contribution in [0.2, 0.25) is 0 Å². The van der Waals surface area contributed by atoms with Gasteiger partial charge in [-0.2, -0.15) is 4.98 Å². The second kappa shape index (κ2) is 4.78. The van der Waals surface area contributed by atoms with Crippen molar-refractivity contribution in [3.63, 3.8) is 0 Å². The summed E-state index contributed by atoms with van der Waals surface area (Å²) in [6.07, 6.45) is 1.57. The Morgan fingerprint density at radius 3 is 2.82 bits per heavy atom. The smallest absolute Gasteiger partial charge is 0.230 e. The Kier molecular flexibility index (Phi) is 3.18. The predicted molar refractivity (Wildman–Crippen MR) is 63.0 cm³/mol. The van der Waals surface area contributed by atoms with Crippen LogP contribution in [0, 0.1) is 12.7 Å². The highest BCUT2D eigenvalue weighted by molar-refractivity contribution is 5.54. The van der Waals surface area contributed by atoms with Crippen molar-refractivity contribution in [1.29, 1.82) is 0 Å². The van der Waals surface area contributed by atoms with Crippen molar-refractivity contribution >= 4 is 11.6 Å². The van der Waals surface area contributed by atoms with Gasteiger partial charge < -0.3 is 10.1 Å². The molecule has 0 bridgehead atoms. The molecule has 0 spiro atoms. The van der Waals surface area contributed by atoms with Gasteiger partial charge in [0.05, 0.1) is 7.11 Å². The molecule has 2 aromatic rings. The number of halogens is 1. The van der Waals surface area contributed by atoms with Crippen molar-refractivity contribution < 1.29 is 9.13 Å². The summed E-state index contributed by atoms with van der Waals surface area (Å²) >= 11 is 0. The zero-order valence-corrected chi connectivity index (χ0v) is 9.57. The van der Waals surface area contributed by atoms with Crippen LogP contribution >= 0.6 is 0 Å². The lowest BCUT2D eigenvalue weighted by Crippen LogP contribution is -1.99. The van der Waals surface area contributed by atoms with E-state index in [9.17, 15) is 4.39 Å². The van der Waals surface area contributed by atoms with Crippen LogP contribution in [0.4, 0.5) is 16.0 Å². The topological polar surface area (TPSA) is 47.0 Å². The monoisotopic (exact) mass is 233 g/mol. The molecule has 0 unspecified atom stereocenters. The van der Waals surface area contributed by atoms with Crippen LogP contribution in [-0.4, -0.2) is 17.1 Å². The summed E-state index contributed by atoms with van der Waals surface area (Å²) < 4.78 is 18.3. The Balaban J connectivity index is 2.22. The molecular weight excluding hydrogens is 221 g/mol. The van der Waals surface area contributed by atoms with Gasteiger partial charge in [-0.1, -0.05) is 6.07 Å². The summed E-state index contributed by atoms with van der Waals surface area (Å²) in [6.45, 7) is 1.71. The number of benzene rings is 1. The number of ether oxygens (including phenoxy) is 1. The van der Waals surface area contributed by atoms with Gasteiger partial charge in [0, 0.05) is 18.0 Å². The van der Waals surface area contributed by atoms with E-state index in [1.54, 1.807) is 31.3 Å². The van der Waals surface area contributed by atoms with Crippen molar-refractivity contribution in [3.05, 3.63) is 41.8 Å². The summed E-state index contributed by atoms with van der Waals surface area (Å²) in [7, 11) is 1.53. The van der Waals surface area contributed by atoms with Crippen molar-refractivity contribution in [2.24, 2.45) is 0 Å². The molecule has 0 fully saturated rings. The molecular formula is C12H12FN3O. The fraction of sp³-hybridized carbons (Fsp3) is 0.167. The van der Waals surface area contributed by atoms with Gasteiger partial charge in [-0.15, -0.1) is 0 Å². The Bertz CT molecular complexity index is 531. The standard InChI is InChI=1S/C12H12FN3O/c1-8-3-4-9(7-10(8)13)15-12-14-6-5-11(16-12)17-2/h3-7H,1-2H3,(H,14,15,16). The number of aryl methyl sites for hydroxylation is 1. The molecule has 0 amide bonds. The Morgan fingerprint density at radius 2 is 2.12 bits per heavy atom. The van der Waals surface area contributed by atoms with Gasteiger partial charge in [0.15, 0.2) is 0 Å². The number of rotatable bonds is 3. The maximum absolute atomic E-state index is 13.3. The number of anilines is 2. The van der Waals surface area contributed by atoms with Gasteiger partial charge in [-0.3, -0.25) is 0 Å². The highest BCUT2D eigenvalue weighted by atomic mass is 19.1. The zero-order valence-electron chi connectivity index (χ0n) is 9.57. The molecule has 88 valence electrons. The van der Waals surface area contributed by atoms with E-state index in [1.165, 1.54) is 13.2 Å². The summed E-state index contributed by atoms with van der Waals surface area (Å²) in [6, 6.07) is 6.50. The third-order valence-corrected chi connectivity index (χ3v) is 2.27. The summed E-state index contributed by atoms with van der Waals surface area (Å²) in [5, 5.41) is 2.90. The van der Waals surface area contributed by atoms with E-state index in [1.807, 2.05) is 0 Å². The highest BCUT2D eigenvalue weighted by Crippen LogP contribution is 2.17. The molecule has 0 saturated heterocycles. The van der Waals surface area contributed by atoms with Crippen molar-refractivity contribution in [1.82, 2.24) is 9.97 Å². The molecule has 1 aromatic carbocycles. The number of nitrogens with one attached hydrogen (secondary N) is 1. The van der Waals surface area contributed by atoms with E-state index < -0.39 is 0 Å². The molecule has 0 aliphatic carbocycles. The summed E-state index contributed by atoms with van der Waals surface area (Å²) in [5.74, 6) is 0.556. The lowest BCUT2D eigenvalue weighted by molar-refractivity contribution is 0.397. The van der Waals surface area contributed by atoms with E-state index in [-0.39, 0.29) is 5.82 Å². The van der Waals surface area contributed by atoms with Crippen LogP contribution in [0.5, 0.6) is 5.88 Å². The summed E-state index contributed by atoms with van der Waals surface area (Å²) in [4.78, 5) is 8.08. The van der Waals surface area contributed by atoms with Crippen LogP contribution in [0.15, 0.2) is 30.5 Å². The first-order valence-electron chi connectivity index (χ1n) is 5.09. The Morgan fingerprint density at radius 1 is 1.29 bits per heavy atom. The van der Waals surface area contributed by atoms with Crippen molar-refractivity contribution in [2.45, 2.75) is 6.92 Å². The Hall–Kier alpha value is -2.17. The van der Waals surface area contributed by atoms with E-state index in [4.69, 9.17) is 4.74 Å². The molecule has 1 heterocycles. The molecule has 2 rings (SSSR count). The first kappa shape index (κ1) is 11.3. The molecule has 0 atom stereocenters. The first-order chi connectivity index (χ1) is 8.19. The first-order valence-corrected chi connectivity index (χ1v) is 5.09. The zero-order chi connectivity index (χ0) is 12.3. The lowest BCUT2D eigenvalue weighted by atomic mass is 10.2. The second-order valence-corrected chi connectivity index (χ2v) is 3.51. The van der Waals surface area contributed by atoms with Crippen LogP contribution in [0.1, 0.15) is 5.56 Å². The number of hydrogen-bond acceptors (Lipinski definition) is 4. The molecule has 1 N–H and O–H groups in total. The number of nitrogens with zero attached hydrogens (tertiary/aromatic N) is 2. The third kappa shape index (κ3) is 2.69. The molecule has 0 aliphatic heterocycles. The van der Waals surface area contributed by atoms with Gasteiger partial charge in [-0.25, -0.2) is 9.37 Å². The van der Waals surface area contributed by atoms with Crippen LogP contribution in [0.3, 0.4) is 0 Å². The predicted octanol–water partition coefficient (Wildman–Crippen LogP) is 2.68. The van der Waals surface area contributed by atoms with Gasteiger partial charge in [0.1, 0.15) is 5.82 Å². The van der Waals surface area contributed by atoms with Gasteiger partial charge in [0.2, 0.25) is 11.8 Å². The number of hydrogen-bond donors (Lipinski definition) is 1. The van der Waals surface area contributed by atoms with E-state index in [0.29, 0.717) is 23.1 Å².